The van der Waals surface area contributed by atoms with Crippen LogP contribution in [0, 0.1) is 6.54 Å². The summed E-state index contributed by atoms with van der Waals surface area (Å²) in [4.78, 5) is 5.52. The van der Waals surface area contributed by atoms with Crippen LogP contribution >= 0.6 is 11.3 Å². The van der Waals surface area contributed by atoms with Crippen molar-refractivity contribution in [1.82, 2.24) is 25.6 Å². The zero-order valence-electron chi connectivity index (χ0n) is 17.8. The van der Waals surface area contributed by atoms with Gasteiger partial charge in [-0.2, -0.15) is 0 Å². The maximum atomic E-state index is 6.38. The van der Waals surface area contributed by atoms with Crippen LogP contribution in [0.4, 0.5) is 0 Å². The van der Waals surface area contributed by atoms with Gasteiger partial charge in [-0.05, 0) is 50.1 Å². The molecule has 0 unspecified atom stereocenters. The van der Waals surface area contributed by atoms with E-state index in [0.717, 1.165) is 70.8 Å². The number of rotatable bonds is 3. The number of piperidine rings is 1. The first-order valence-electron chi connectivity index (χ1n) is 10.6. The van der Waals surface area contributed by atoms with E-state index in [1.165, 1.54) is 10.4 Å². The van der Waals surface area contributed by atoms with Gasteiger partial charge in [0.2, 0.25) is 0 Å². The molecule has 2 fully saturated rings. The van der Waals surface area contributed by atoms with Crippen molar-refractivity contribution in [3.8, 4) is 0 Å². The standard InChI is InChI=1S/C17H23N4OS.C4H8NO.Mn/c1-3-14-8-15-16(23-14)4-7-22-17(15)5-6-21(12(2)9-17)11-13-10-18-20-19-13;1-3-6-4-2-5-1;/h8,10,12H,3-7,9,11H2,1-2H3;1,5H,2-4H2;/q2*-1;+2/t12-,17+;;/m0../s1. The average molecular weight is 473 g/mol. The van der Waals surface area contributed by atoms with E-state index in [-0.39, 0.29) is 22.7 Å². The first-order valence-corrected chi connectivity index (χ1v) is 11.4. The molecule has 3 aliphatic heterocycles. The fourth-order valence-electron chi connectivity index (χ4n) is 4.43. The van der Waals surface area contributed by atoms with E-state index < -0.39 is 0 Å². The number of aryl methyl sites for hydroxylation is 1. The molecular weight excluding hydrogens is 441 g/mol. The van der Waals surface area contributed by atoms with Gasteiger partial charge in [0.25, 0.3) is 0 Å². The number of likely N-dealkylation sites (tertiary alicyclic amines) is 1. The van der Waals surface area contributed by atoms with Crippen molar-refractivity contribution in [1.29, 1.82) is 0 Å². The molecule has 5 rings (SSSR count). The van der Waals surface area contributed by atoms with E-state index in [0.29, 0.717) is 6.04 Å². The minimum absolute atomic E-state index is 0. The van der Waals surface area contributed by atoms with Crippen molar-refractivity contribution in [2.75, 3.05) is 32.9 Å². The molecule has 1 spiro atoms. The molecule has 2 aromatic rings. The Hall–Kier alpha value is -0.801. The molecule has 5 heterocycles. The van der Waals surface area contributed by atoms with Crippen LogP contribution in [0.25, 0.3) is 0 Å². The van der Waals surface area contributed by atoms with Crippen LogP contribution in [-0.2, 0) is 51.5 Å². The molecule has 1 N–H and O–H groups in total. The molecule has 9 heteroatoms. The molecule has 1 radical (unpaired) electrons. The molecule has 0 aliphatic carbocycles. The Morgan fingerprint density at radius 1 is 1.43 bits per heavy atom. The summed E-state index contributed by atoms with van der Waals surface area (Å²) >= 11 is 1.99. The van der Waals surface area contributed by atoms with Crippen LogP contribution in [0.15, 0.2) is 12.3 Å². The third-order valence-corrected chi connectivity index (χ3v) is 7.33. The molecule has 2 atom stereocenters. The molecular formula is C21H31MnN5O2S. The Morgan fingerprint density at radius 3 is 2.93 bits per heavy atom. The first kappa shape index (κ1) is 23.9. The predicted molar refractivity (Wildman–Crippen MR) is 113 cm³/mol. The number of fused-ring (bicyclic) bond motifs is 2. The van der Waals surface area contributed by atoms with Crippen LogP contribution in [0.1, 0.15) is 47.7 Å². The summed E-state index contributed by atoms with van der Waals surface area (Å²) in [5, 5.41) is 14.6. The SMILES string of the molecule is CCc1cc2c(s1)CCO[C@@]21CCN(Cc2c[n-]nn2)[C@@H](C)C1.[CH-]1COCCN1.[Mn+2]. The molecule has 0 bridgehead atoms. The maximum Gasteiger partial charge on any atom is 2.00 e. The van der Waals surface area contributed by atoms with Crippen molar-refractivity contribution >= 4 is 11.3 Å². The molecule has 0 amide bonds. The van der Waals surface area contributed by atoms with Gasteiger partial charge in [0.05, 0.1) is 18.8 Å². The van der Waals surface area contributed by atoms with Gasteiger partial charge in [-0.15, -0.1) is 11.3 Å². The van der Waals surface area contributed by atoms with Gasteiger partial charge < -0.3 is 25.0 Å². The Labute approximate surface area is 193 Å². The second-order valence-corrected chi connectivity index (χ2v) is 9.15. The minimum Gasteiger partial charge on any atom is -0.466 e. The van der Waals surface area contributed by atoms with Gasteiger partial charge in [-0.3, -0.25) is 10.1 Å². The molecule has 2 aromatic heterocycles. The number of hydrogen-bond donors (Lipinski definition) is 1. The molecule has 3 aliphatic rings. The van der Waals surface area contributed by atoms with E-state index in [4.69, 9.17) is 9.47 Å². The number of nitrogens with zero attached hydrogens (tertiary/aromatic N) is 4. The largest absolute Gasteiger partial charge is 2.00 e. The quantitative estimate of drug-likeness (QED) is 0.543. The topological polar surface area (TPSA) is 73.6 Å². The molecule has 165 valence electrons. The van der Waals surface area contributed by atoms with Gasteiger partial charge in [0.15, 0.2) is 0 Å². The zero-order valence-corrected chi connectivity index (χ0v) is 19.8. The third kappa shape index (κ3) is 5.51. The number of ether oxygens (including phenoxy) is 2. The Morgan fingerprint density at radius 2 is 2.33 bits per heavy atom. The van der Waals surface area contributed by atoms with Gasteiger partial charge in [-0.1, -0.05) is 19.7 Å². The Kier molecular flexibility index (Phi) is 8.89. The van der Waals surface area contributed by atoms with Crippen molar-refractivity contribution in [3.63, 3.8) is 0 Å². The van der Waals surface area contributed by atoms with Crippen molar-refractivity contribution in [3.05, 3.63) is 39.8 Å². The Bertz CT molecular complexity index is 756. The van der Waals surface area contributed by atoms with Crippen LogP contribution < -0.4 is 10.4 Å². The number of hydrogen-bond acceptors (Lipinski definition) is 7. The van der Waals surface area contributed by atoms with E-state index in [9.17, 15) is 0 Å². The average Bonchev–Trinajstić information content (AvgIpc) is 3.42. The number of thiophene rings is 1. The Balaban J connectivity index is 0.000000317. The second kappa shape index (κ2) is 11.2. The maximum absolute atomic E-state index is 6.38. The molecule has 2 saturated heterocycles. The van der Waals surface area contributed by atoms with Crippen LogP contribution in [0.2, 0.25) is 0 Å². The summed E-state index contributed by atoms with van der Waals surface area (Å²) in [6, 6.07) is 2.88. The summed E-state index contributed by atoms with van der Waals surface area (Å²) in [7, 11) is 0. The fourth-order valence-corrected chi connectivity index (χ4v) is 5.60. The van der Waals surface area contributed by atoms with Crippen LogP contribution in [0.5, 0.6) is 0 Å². The monoisotopic (exact) mass is 472 g/mol. The molecule has 7 nitrogen and oxygen atoms in total. The molecule has 0 saturated carbocycles. The summed E-state index contributed by atoms with van der Waals surface area (Å²) in [6.45, 7) is 11.8. The van der Waals surface area contributed by atoms with E-state index >= 15 is 0 Å². The molecule has 30 heavy (non-hydrogen) atoms. The predicted octanol–water partition coefficient (Wildman–Crippen LogP) is 2.28. The van der Waals surface area contributed by atoms with Crippen molar-refractivity contribution < 1.29 is 26.5 Å². The minimum atomic E-state index is -0.0661. The molecule has 0 aromatic carbocycles. The van der Waals surface area contributed by atoms with Gasteiger partial charge in [-0.25, -0.2) is 6.54 Å². The smallest absolute Gasteiger partial charge is 0.466 e. The van der Waals surface area contributed by atoms with Crippen molar-refractivity contribution in [2.24, 2.45) is 0 Å². The van der Waals surface area contributed by atoms with E-state index in [1.807, 2.05) is 17.9 Å². The third-order valence-electron chi connectivity index (χ3n) is 5.99. The summed E-state index contributed by atoms with van der Waals surface area (Å²) < 4.78 is 11.3. The summed E-state index contributed by atoms with van der Waals surface area (Å²) in [5.74, 6) is 0. The number of aromatic nitrogens is 3. The van der Waals surface area contributed by atoms with E-state index in [2.05, 4.69) is 45.5 Å². The van der Waals surface area contributed by atoms with E-state index in [1.54, 1.807) is 11.1 Å². The van der Waals surface area contributed by atoms with Crippen LogP contribution in [0.3, 0.4) is 0 Å². The summed E-state index contributed by atoms with van der Waals surface area (Å²) in [6.07, 6.45) is 6.08. The van der Waals surface area contributed by atoms with Crippen molar-refractivity contribution in [2.45, 2.75) is 57.7 Å². The first-order chi connectivity index (χ1) is 14.2. The van der Waals surface area contributed by atoms with Gasteiger partial charge >= 0.3 is 17.1 Å². The number of nitrogens with one attached hydrogen (secondary N) is 1. The van der Waals surface area contributed by atoms with Gasteiger partial charge in [0.1, 0.15) is 0 Å². The van der Waals surface area contributed by atoms with Crippen LogP contribution in [-0.4, -0.2) is 54.2 Å². The zero-order chi connectivity index (χ0) is 20.1. The normalized spacial score (nSPS) is 26.4. The number of morpholine rings is 1. The second-order valence-electron chi connectivity index (χ2n) is 7.93. The summed E-state index contributed by atoms with van der Waals surface area (Å²) in [5.41, 5.74) is 2.37. The fraction of sp³-hybridized carbons (Fsp3) is 0.667. The van der Waals surface area contributed by atoms with Gasteiger partial charge in [0, 0.05) is 35.3 Å².